The summed E-state index contributed by atoms with van der Waals surface area (Å²) in [5.41, 5.74) is 4.29. The lowest BCUT2D eigenvalue weighted by Crippen LogP contribution is -2.12. The summed E-state index contributed by atoms with van der Waals surface area (Å²) in [7, 11) is 0. The second kappa shape index (κ2) is 6.98. The molecular formula is C21H16N2O2S. The molecule has 1 amide bonds. The number of hydrogen-bond donors (Lipinski definition) is 1. The molecule has 0 saturated heterocycles. The topological polar surface area (TPSA) is 55.1 Å². The van der Waals surface area contributed by atoms with Crippen molar-refractivity contribution in [2.24, 2.45) is 0 Å². The maximum absolute atomic E-state index is 12.7. The van der Waals surface area contributed by atoms with Crippen molar-refractivity contribution in [2.75, 3.05) is 5.32 Å². The first-order valence-electron chi connectivity index (χ1n) is 8.17. The molecule has 0 aliphatic rings. The predicted molar refractivity (Wildman–Crippen MR) is 104 cm³/mol. The van der Waals surface area contributed by atoms with Crippen LogP contribution in [0.1, 0.15) is 15.6 Å². The first kappa shape index (κ1) is 16.3. The molecule has 1 N–H and O–H groups in total. The van der Waals surface area contributed by atoms with E-state index in [9.17, 15) is 4.79 Å². The molecule has 2 heterocycles. The van der Waals surface area contributed by atoms with Gasteiger partial charge in [0, 0.05) is 22.2 Å². The summed E-state index contributed by atoms with van der Waals surface area (Å²) >= 11 is 1.60. The van der Waals surface area contributed by atoms with Gasteiger partial charge in [-0.25, -0.2) is 4.98 Å². The fourth-order valence-electron chi connectivity index (χ4n) is 2.77. The van der Waals surface area contributed by atoms with Crippen LogP contribution in [0, 0.1) is 6.92 Å². The lowest BCUT2D eigenvalue weighted by Gasteiger charge is -2.07. The summed E-state index contributed by atoms with van der Waals surface area (Å²) in [6, 6.07) is 19.2. The fraction of sp³-hybridized carbons (Fsp3) is 0.0476. The van der Waals surface area contributed by atoms with Crippen molar-refractivity contribution in [1.82, 2.24) is 4.98 Å². The summed E-state index contributed by atoms with van der Waals surface area (Å²) in [6.45, 7) is 1.97. The fourth-order valence-corrected chi connectivity index (χ4v) is 3.39. The molecule has 2 aromatic carbocycles. The third kappa shape index (κ3) is 3.30. The molecule has 0 unspecified atom stereocenters. The van der Waals surface area contributed by atoms with Gasteiger partial charge in [0.05, 0.1) is 17.0 Å². The van der Waals surface area contributed by atoms with E-state index in [2.05, 4.69) is 10.3 Å². The molecule has 2 aromatic heterocycles. The van der Waals surface area contributed by atoms with Gasteiger partial charge in [-0.15, -0.1) is 11.3 Å². The normalized spacial score (nSPS) is 10.7. The van der Waals surface area contributed by atoms with Crippen LogP contribution in [0.4, 0.5) is 5.69 Å². The van der Waals surface area contributed by atoms with Crippen LogP contribution in [0.5, 0.6) is 0 Å². The molecule has 0 spiro atoms. The Bertz CT molecular complexity index is 1050. The van der Waals surface area contributed by atoms with E-state index in [1.165, 1.54) is 6.26 Å². The number of benzene rings is 2. The van der Waals surface area contributed by atoms with E-state index in [0.717, 1.165) is 27.4 Å². The summed E-state index contributed by atoms with van der Waals surface area (Å²) < 4.78 is 5.45. The van der Waals surface area contributed by atoms with Crippen molar-refractivity contribution in [2.45, 2.75) is 6.92 Å². The quantitative estimate of drug-likeness (QED) is 0.513. The third-order valence-corrected chi connectivity index (χ3v) is 4.76. The minimum atomic E-state index is -0.277. The summed E-state index contributed by atoms with van der Waals surface area (Å²) in [5, 5.41) is 5.94. The van der Waals surface area contributed by atoms with Crippen molar-refractivity contribution in [1.29, 1.82) is 0 Å². The number of nitrogens with zero attached hydrogens (tertiary/aromatic N) is 1. The first-order valence-corrected chi connectivity index (χ1v) is 9.05. The SMILES string of the molecule is Cc1nc(-c2cccc(NC(=O)c3occc3-c3ccccc3)c2)cs1. The molecular weight excluding hydrogens is 344 g/mol. The van der Waals surface area contributed by atoms with Crippen LogP contribution in [0.2, 0.25) is 0 Å². The van der Waals surface area contributed by atoms with Gasteiger partial charge in [0.25, 0.3) is 5.91 Å². The largest absolute Gasteiger partial charge is 0.459 e. The molecule has 0 saturated carbocycles. The molecule has 0 aliphatic heterocycles. The zero-order valence-electron chi connectivity index (χ0n) is 14.1. The van der Waals surface area contributed by atoms with E-state index in [0.29, 0.717) is 11.4 Å². The average molecular weight is 360 g/mol. The number of carbonyl (C=O) groups excluding carboxylic acids is 1. The van der Waals surface area contributed by atoms with Gasteiger partial charge in [-0.2, -0.15) is 0 Å². The zero-order chi connectivity index (χ0) is 17.9. The number of carbonyl (C=O) groups is 1. The summed E-state index contributed by atoms with van der Waals surface area (Å²) in [4.78, 5) is 17.2. The molecule has 0 fully saturated rings. The Morgan fingerprint density at radius 2 is 1.85 bits per heavy atom. The Hall–Kier alpha value is -3.18. The van der Waals surface area contributed by atoms with Crippen molar-refractivity contribution in [3.05, 3.63) is 83.1 Å². The molecule has 26 heavy (non-hydrogen) atoms. The highest BCUT2D eigenvalue weighted by Gasteiger charge is 2.17. The highest BCUT2D eigenvalue weighted by molar-refractivity contribution is 7.09. The van der Waals surface area contributed by atoms with E-state index in [-0.39, 0.29) is 5.91 Å². The number of furan rings is 1. The van der Waals surface area contributed by atoms with Gasteiger partial charge in [0.1, 0.15) is 0 Å². The van der Waals surface area contributed by atoms with Crippen molar-refractivity contribution >= 4 is 22.9 Å². The van der Waals surface area contributed by atoms with Crippen molar-refractivity contribution in [3.63, 3.8) is 0 Å². The number of amides is 1. The number of nitrogens with one attached hydrogen (secondary N) is 1. The molecule has 0 bridgehead atoms. The van der Waals surface area contributed by atoms with E-state index >= 15 is 0 Å². The van der Waals surface area contributed by atoms with Gasteiger partial charge in [0.15, 0.2) is 5.76 Å². The second-order valence-corrected chi connectivity index (χ2v) is 6.88. The number of anilines is 1. The smallest absolute Gasteiger partial charge is 0.292 e. The van der Waals surface area contributed by atoms with Crippen LogP contribution in [0.25, 0.3) is 22.4 Å². The Kier molecular flexibility index (Phi) is 4.37. The van der Waals surface area contributed by atoms with E-state index in [4.69, 9.17) is 4.42 Å². The minimum Gasteiger partial charge on any atom is -0.459 e. The maximum Gasteiger partial charge on any atom is 0.292 e. The first-order chi connectivity index (χ1) is 12.7. The van der Waals surface area contributed by atoms with Crippen LogP contribution in [-0.4, -0.2) is 10.9 Å². The van der Waals surface area contributed by atoms with Gasteiger partial charge >= 0.3 is 0 Å². The van der Waals surface area contributed by atoms with Crippen LogP contribution < -0.4 is 5.32 Å². The van der Waals surface area contributed by atoms with Gasteiger partial charge in [-0.1, -0.05) is 42.5 Å². The maximum atomic E-state index is 12.7. The summed E-state index contributed by atoms with van der Waals surface area (Å²) in [5.74, 6) is 0.0200. The lowest BCUT2D eigenvalue weighted by atomic mass is 10.1. The molecule has 128 valence electrons. The minimum absolute atomic E-state index is 0.277. The lowest BCUT2D eigenvalue weighted by molar-refractivity contribution is 0.0997. The Balaban J connectivity index is 1.59. The van der Waals surface area contributed by atoms with Crippen molar-refractivity contribution in [3.8, 4) is 22.4 Å². The molecule has 4 rings (SSSR count). The van der Waals surface area contributed by atoms with Crippen LogP contribution in [0.3, 0.4) is 0 Å². The number of rotatable bonds is 4. The van der Waals surface area contributed by atoms with Gasteiger partial charge < -0.3 is 9.73 Å². The van der Waals surface area contributed by atoms with E-state index in [1.54, 1.807) is 17.4 Å². The van der Waals surface area contributed by atoms with E-state index < -0.39 is 0 Å². The molecule has 0 radical (unpaired) electrons. The molecule has 4 nitrogen and oxygen atoms in total. The predicted octanol–water partition coefficient (Wildman–Crippen LogP) is 5.63. The van der Waals surface area contributed by atoms with Crippen LogP contribution in [0.15, 0.2) is 76.7 Å². The monoisotopic (exact) mass is 360 g/mol. The molecule has 5 heteroatoms. The number of aryl methyl sites for hydroxylation is 1. The van der Waals surface area contributed by atoms with Crippen LogP contribution in [-0.2, 0) is 0 Å². The Morgan fingerprint density at radius 1 is 1.04 bits per heavy atom. The molecule has 0 atom stereocenters. The zero-order valence-corrected chi connectivity index (χ0v) is 14.9. The third-order valence-electron chi connectivity index (χ3n) is 3.99. The summed E-state index contributed by atoms with van der Waals surface area (Å²) in [6.07, 6.45) is 1.53. The highest BCUT2D eigenvalue weighted by Crippen LogP contribution is 2.27. The number of aromatic nitrogens is 1. The Morgan fingerprint density at radius 3 is 2.62 bits per heavy atom. The Labute approximate surface area is 155 Å². The van der Waals surface area contributed by atoms with Gasteiger partial charge in [0.2, 0.25) is 0 Å². The van der Waals surface area contributed by atoms with Crippen molar-refractivity contribution < 1.29 is 9.21 Å². The standard InChI is InChI=1S/C21H16N2O2S/c1-14-22-19(13-26-14)16-8-5-9-17(12-16)23-21(24)20-18(10-11-25-20)15-6-3-2-4-7-15/h2-13H,1H3,(H,23,24). The molecule has 4 aromatic rings. The second-order valence-electron chi connectivity index (χ2n) is 5.82. The number of thiazole rings is 1. The van der Waals surface area contributed by atoms with E-state index in [1.807, 2.05) is 66.9 Å². The molecule has 0 aliphatic carbocycles. The van der Waals surface area contributed by atoms with Gasteiger partial charge in [-0.3, -0.25) is 4.79 Å². The average Bonchev–Trinajstić information content (AvgIpc) is 3.32. The number of hydrogen-bond acceptors (Lipinski definition) is 4. The van der Waals surface area contributed by atoms with Crippen LogP contribution >= 0.6 is 11.3 Å². The highest BCUT2D eigenvalue weighted by atomic mass is 32.1. The van der Waals surface area contributed by atoms with Gasteiger partial charge in [-0.05, 0) is 30.7 Å².